The molecule has 0 spiro atoms. The van der Waals surface area contributed by atoms with E-state index in [9.17, 15) is 0 Å². The van der Waals surface area contributed by atoms with Gasteiger partial charge in [0.05, 0.1) is 18.6 Å². The van der Waals surface area contributed by atoms with Crippen molar-refractivity contribution < 1.29 is 5.11 Å². The lowest BCUT2D eigenvalue weighted by Crippen LogP contribution is -2.38. The largest absolute Gasteiger partial charge is 0.395 e. The Balaban J connectivity index is 1.89. The first kappa shape index (κ1) is 12.5. The first-order valence-electron chi connectivity index (χ1n) is 6.31. The van der Waals surface area contributed by atoms with E-state index in [1.165, 1.54) is 18.5 Å². The monoisotopic (exact) mass is 238 g/mol. The summed E-state index contributed by atoms with van der Waals surface area (Å²) in [7, 11) is 2.01. The molecule has 2 heterocycles. The summed E-state index contributed by atoms with van der Waals surface area (Å²) in [5.41, 5.74) is 1.19. The van der Waals surface area contributed by atoms with Crippen molar-refractivity contribution in [2.24, 2.45) is 7.05 Å². The van der Waals surface area contributed by atoms with E-state index >= 15 is 0 Å². The van der Waals surface area contributed by atoms with Crippen LogP contribution in [-0.2, 0) is 13.6 Å². The third kappa shape index (κ3) is 3.52. The highest BCUT2D eigenvalue weighted by molar-refractivity contribution is 4.97. The van der Waals surface area contributed by atoms with Gasteiger partial charge in [0.15, 0.2) is 0 Å². The van der Waals surface area contributed by atoms with Gasteiger partial charge in [0.25, 0.3) is 0 Å². The Morgan fingerprint density at radius 2 is 2.53 bits per heavy atom. The van der Waals surface area contributed by atoms with Crippen molar-refractivity contribution in [2.75, 3.05) is 26.2 Å². The van der Waals surface area contributed by atoms with Gasteiger partial charge in [-0.3, -0.25) is 4.90 Å². The fourth-order valence-corrected chi connectivity index (χ4v) is 2.37. The number of aliphatic hydroxyl groups excluding tert-OH is 1. The predicted molar refractivity (Wildman–Crippen MR) is 66.6 cm³/mol. The smallest absolute Gasteiger partial charge is 0.0945 e. The van der Waals surface area contributed by atoms with Crippen molar-refractivity contribution in [3.63, 3.8) is 0 Å². The minimum atomic E-state index is 0.213. The van der Waals surface area contributed by atoms with Gasteiger partial charge in [-0.05, 0) is 19.4 Å². The second-order valence-corrected chi connectivity index (χ2v) is 4.75. The molecule has 1 unspecified atom stereocenters. The molecule has 1 atom stereocenters. The molecule has 2 N–H and O–H groups in total. The number of aryl methyl sites for hydroxylation is 1. The molecule has 1 saturated heterocycles. The molecule has 1 aliphatic heterocycles. The quantitative estimate of drug-likeness (QED) is 0.730. The fourth-order valence-electron chi connectivity index (χ4n) is 2.37. The summed E-state index contributed by atoms with van der Waals surface area (Å²) in [6.07, 6.45) is 6.23. The van der Waals surface area contributed by atoms with Gasteiger partial charge < -0.3 is 15.0 Å². The summed E-state index contributed by atoms with van der Waals surface area (Å²) >= 11 is 0. The van der Waals surface area contributed by atoms with E-state index in [1.54, 1.807) is 0 Å². The van der Waals surface area contributed by atoms with Crippen LogP contribution in [0.5, 0.6) is 0 Å². The van der Waals surface area contributed by atoms with Gasteiger partial charge in [0.2, 0.25) is 0 Å². The second-order valence-electron chi connectivity index (χ2n) is 4.75. The third-order valence-corrected chi connectivity index (χ3v) is 3.36. The van der Waals surface area contributed by atoms with E-state index in [4.69, 9.17) is 5.11 Å². The lowest BCUT2D eigenvalue weighted by molar-refractivity contribution is 0.176. The van der Waals surface area contributed by atoms with Crippen LogP contribution in [0.1, 0.15) is 18.5 Å². The fraction of sp³-hybridized carbons (Fsp3) is 0.750. The van der Waals surface area contributed by atoms with Crippen molar-refractivity contribution in [1.82, 2.24) is 19.8 Å². The zero-order chi connectivity index (χ0) is 12.1. The van der Waals surface area contributed by atoms with Gasteiger partial charge in [-0.2, -0.15) is 0 Å². The summed E-state index contributed by atoms with van der Waals surface area (Å²) < 4.78 is 2.03. The zero-order valence-corrected chi connectivity index (χ0v) is 10.5. The maximum absolute atomic E-state index is 9.12. The summed E-state index contributed by atoms with van der Waals surface area (Å²) in [6, 6.07) is 0.578. The normalized spacial score (nSPS) is 20.3. The SMILES string of the molecule is Cn1cncc1CN(CCO)CC1CCCN1. The summed E-state index contributed by atoms with van der Waals surface area (Å²) in [5.74, 6) is 0. The van der Waals surface area contributed by atoms with Gasteiger partial charge in [0, 0.05) is 38.9 Å². The van der Waals surface area contributed by atoms with Crippen LogP contribution in [0.25, 0.3) is 0 Å². The second kappa shape index (κ2) is 6.14. The van der Waals surface area contributed by atoms with Crippen LogP contribution in [0.15, 0.2) is 12.5 Å². The van der Waals surface area contributed by atoms with E-state index < -0.39 is 0 Å². The maximum atomic E-state index is 9.12. The topological polar surface area (TPSA) is 53.3 Å². The van der Waals surface area contributed by atoms with Crippen LogP contribution in [0, 0.1) is 0 Å². The van der Waals surface area contributed by atoms with Crippen LogP contribution < -0.4 is 5.32 Å². The molecule has 17 heavy (non-hydrogen) atoms. The highest BCUT2D eigenvalue weighted by Gasteiger charge is 2.18. The van der Waals surface area contributed by atoms with Crippen LogP contribution >= 0.6 is 0 Å². The lowest BCUT2D eigenvalue weighted by Gasteiger charge is -2.24. The number of aromatic nitrogens is 2. The molecule has 1 aliphatic rings. The van der Waals surface area contributed by atoms with Crippen molar-refractivity contribution in [2.45, 2.75) is 25.4 Å². The third-order valence-electron chi connectivity index (χ3n) is 3.36. The Bertz CT molecular complexity index is 333. The van der Waals surface area contributed by atoms with Crippen molar-refractivity contribution in [1.29, 1.82) is 0 Å². The molecule has 96 valence electrons. The Hall–Kier alpha value is -0.910. The molecule has 1 aromatic rings. The average Bonchev–Trinajstić information content (AvgIpc) is 2.92. The van der Waals surface area contributed by atoms with Crippen LogP contribution in [0.2, 0.25) is 0 Å². The molecular formula is C12H22N4O. The number of hydrogen-bond donors (Lipinski definition) is 2. The van der Waals surface area contributed by atoms with E-state index in [0.29, 0.717) is 6.04 Å². The number of nitrogens with zero attached hydrogens (tertiary/aromatic N) is 3. The van der Waals surface area contributed by atoms with Crippen molar-refractivity contribution in [3.05, 3.63) is 18.2 Å². The molecule has 1 aromatic heterocycles. The Labute approximate surface area is 102 Å². The molecule has 5 heteroatoms. The summed E-state index contributed by atoms with van der Waals surface area (Å²) in [6.45, 7) is 3.93. The van der Waals surface area contributed by atoms with Crippen molar-refractivity contribution in [3.8, 4) is 0 Å². The first-order valence-corrected chi connectivity index (χ1v) is 6.31. The molecule has 5 nitrogen and oxygen atoms in total. The van der Waals surface area contributed by atoms with Crippen LogP contribution in [0.4, 0.5) is 0 Å². The molecule has 0 bridgehead atoms. The predicted octanol–water partition coefficient (Wildman–Crippen LogP) is -0.0336. The highest BCUT2D eigenvalue weighted by atomic mass is 16.3. The van der Waals surface area contributed by atoms with Crippen LogP contribution in [-0.4, -0.2) is 51.8 Å². The van der Waals surface area contributed by atoms with Gasteiger partial charge in [0.1, 0.15) is 0 Å². The van der Waals surface area contributed by atoms with E-state index in [1.807, 2.05) is 24.1 Å². The van der Waals surface area contributed by atoms with Gasteiger partial charge in [-0.15, -0.1) is 0 Å². The van der Waals surface area contributed by atoms with Gasteiger partial charge in [-0.25, -0.2) is 4.98 Å². The minimum absolute atomic E-state index is 0.213. The zero-order valence-electron chi connectivity index (χ0n) is 10.5. The molecule has 0 radical (unpaired) electrons. The van der Waals surface area contributed by atoms with Gasteiger partial charge in [-0.1, -0.05) is 0 Å². The molecule has 2 rings (SSSR count). The van der Waals surface area contributed by atoms with E-state index in [2.05, 4.69) is 15.2 Å². The summed E-state index contributed by atoms with van der Waals surface area (Å²) in [4.78, 5) is 6.42. The number of nitrogens with one attached hydrogen (secondary N) is 1. The van der Waals surface area contributed by atoms with E-state index in [-0.39, 0.29) is 6.61 Å². The number of aliphatic hydroxyl groups is 1. The highest BCUT2D eigenvalue weighted by Crippen LogP contribution is 2.09. The average molecular weight is 238 g/mol. The number of rotatable bonds is 6. The summed E-state index contributed by atoms with van der Waals surface area (Å²) in [5, 5.41) is 12.6. The molecule has 0 aromatic carbocycles. The lowest BCUT2D eigenvalue weighted by atomic mass is 10.2. The minimum Gasteiger partial charge on any atom is -0.395 e. The van der Waals surface area contributed by atoms with Gasteiger partial charge >= 0.3 is 0 Å². The first-order chi connectivity index (χ1) is 8.29. The maximum Gasteiger partial charge on any atom is 0.0945 e. The Kier molecular flexibility index (Phi) is 4.53. The van der Waals surface area contributed by atoms with E-state index in [0.717, 1.165) is 26.2 Å². The van der Waals surface area contributed by atoms with Crippen molar-refractivity contribution >= 4 is 0 Å². The molecule has 0 amide bonds. The Morgan fingerprint density at radius 1 is 1.65 bits per heavy atom. The molecule has 0 saturated carbocycles. The standard InChI is InChI=1S/C12H22N4O/c1-15-10-13-7-12(15)9-16(5-6-17)8-11-3-2-4-14-11/h7,10-11,14,17H,2-6,8-9H2,1H3. The molecule has 0 aliphatic carbocycles. The Morgan fingerprint density at radius 3 is 3.12 bits per heavy atom. The number of imidazole rings is 1. The number of hydrogen-bond acceptors (Lipinski definition) is 4. The molecule has 1 fully saturated rings. The van der Waals surface area contributed by atoms with Crippen LogP contribution in [0.3, 0.4) is 0 Å². The molecular weight excluding hydrogens is 216 g/mol.